The molecular formula is C41H66F3N3O2. The molecule has 49 heavy (non-hydrogen) atoms. The largest absolute Gasteiger partial charge is 0.449 e. The average Bonchev–Trinajstić information content (AvgIpc) is 3.12. The maximum absolute atomic E-state index is 14.4. The van der Waals surface area contributed by atoms with E-state index in [9.17, 15) is 18.0 Å². The number of nitrogens with one attached hydrogen (secondary N) is 1. The first-order valence-electron chi connectivity index (χ1n) is 17.9. The van der Waals surface area contributed by atoms with Crippen LogP contribution in [0.2, 0.25) is 0 Å². The molecule has 0 aliphatic carbocycles. The van der Waals surface area contributed by atoms with E-state index in [1.54, 1.807) is 6.08 Å². The summed E-state index contributed by atoms with van der Waals surface area (Å²) < 4.78 is 46.8. The molecule has 278 valence electrons. The van der Waals surface area contributed by atoms with E-state index < -0.39 is 17.5 Å². The number of ether oxygens (including phenoxy) is 1. The number of carbonyl (C=O) groups excluding carboxylic acids is 1. The number of nitrogens with zero attached hydrogens (tertiary/aromatic N) is 2. The van der Waals surface area contributed by atoms with Crippen LogP contribution in [-0.2, 0) is 4.74 Å². The van der Waals surface area contributed by atoms with Gasteiger partial charge < -0.3 is 19.9 Å². The third-order valence-electron chi connectivity index (χ3n) is 8.05. The number of allylic oxidation sites excluding steroid dienone is 7. The van der Waals surface area contributed by atoms with Gasteiger partial charge in [-0.3, -0.25) is 0 Å². The fourth-order valence-electron chi connectivity index (χ4n) is 4.84. The molecular weight excluding hydrogens is 623 g/mol. The Morgan fingerprint density at radius 1 is 1.06 bits per heavy atom. The molecule has 1 spiro atoms. The third kappa shape index (κ3) is 16.7. The van der Waals surface area contributed by atoms with E-state index in [1.807, 2.05) is 74.6 Å². The molecule has 0 atom stereocenters. The molecule has 1 N–H and O–H groups in total. The number of amides is 1. The van der Waals surface area contributed by atoms with Crippen LogP contribution in [0.4, 0.5) is 18.0 Å². The minimum atomic E-state index is -1.51. The topological polar surface area (TPSA) is 44.8 Å². The molecule has 1 amide bonds. The van der Waals surface area contributed by atoms with Crippen LogP contribution < -0.4 is 5.32 Å². The molecule has 8 heteroatoms. The molecule has 0 saturated carbocycles. The van der Waals surface area contributed by atoms with Gasteiger partial charge in [0.05, 0.1) is 0 Å². The molecule has 3 rings (SSSR count). The highest BCUT2D eigenvalue weighted by molar-refractivity contribution is 5.73. The van der Waals surface area contributed by atoms with Gasteiger partial charge in [-0.2, -0.15) is 0 Å². The summed E-state index contributed by atoms with van der Waals surface area (Å²) in [4.78, 5) is 15.9. The number of rotatable bonds is 9. The maximum atomic E-state index is 14.4. The molecule has 0 bridgehead atoms. The summed E-state index contributed by atoms with van der Waals surface area (Å²) >= 11 is 0. The van der Waals surface area contributed by atoms with Crippen molar-refractivity contribution in [3.8, 4) is 0 Å². The van der Waals surface area contributed by atoms with Gasteiger partial charge in [-0.05, 0) is 97.7 Å². The van der Waals surface area contributed by atoms with Gasteiger partial charge in [0.2, 0.25) is 0 Å². The predicted octanol–water partition coefficient (Wildman–Crippen LogP) is 11.3. The quantitative estimate of drug-likeness (QED) is 0.159. The van der Waals surface area contributed by atoms with E-state index in [0.29, 0.717) is 13.2 Å². The lowest BCUT2D eigenvalue weighted by atomic mass is 9.78. The highest BCUT2D eigenvalue weighted by atomic mass is 19.2. The molecule has 1 aromatic rings. The summed E-state index contributed by atoms with van der Waals surface area (Å²) in [5, 5.41) is 2.82. The number of cyclic esters (lactones) is 1. The van der Waals surface area contributed by atoms with Gasteiger partial charge in [-0.1, -0.05) is 78.0 Å². The molecule has 1 aromatic carbocycles. The van der Waals surface area contributed by atoms with Crippen LogP contribution in [-0.4, -0.2) is 61.8 Å². The lowest BCUT2D eigenvalue weighted by molar-refractivity contribution is 0.00676. The van der Waals surface area contributed by atoms with Crippen molar-refractivity contribution in [3.63, 3.8) is 0 Å². The molecule has 0 unspecified atom stereocenters. The zero-order valence-corrected chi connectivity index (χ0v) is 32.8. The Morgan fingerprint density at radius 2 is 1.65 bits per heavy atom. The maximum Gasteiger partial charge on any atom is 0.407 e. The predicted molar refractivity (Wildman–Crippen MR) is 204 cm³/mol. The monoisotopic (exact) mass is 690 g/mol. The van der Waals surface area contributed by atoms with E-state index >= 15 is 0 Å². The van der Waals surface area contributed by atoms with Crippen molar-refractivity contribution in [2.24, 2.45) is 5.41 Å². The smallest absolute Gasteiger partial charge is 0.407 e. The van der Waals surface area contributed by atoms with E-state index in [4.69, 9.17) is 4.74 Å². The van der Waals surface area contributed by atoms with Crippen molar-refractivity contribution >= 4 is 11.7 Å². The van der Waals surface area contributed by atoms with Gasteiger partial charge in [0, 0.05) is 48.4 Å². The molecule has 5 nitrogen and oxygen atoms in total. The number of likely N-dealkylation sites (tertiary alicyclic amines) is 1. The van der Waals surface area contributed by atoms with Gasteiger partial charge in [-0.15, -0.1) is 5.73 Å². The summed E-state index contributed by atoms with van der Waals surface area (Å²) in [6.45, 7) is 31.9. The normalized spacial score (nSPS) is 15.1. The first-order chi connectivity index (χ1) is 23.3. The van der Waals surface area contributed by atoms with Gasteiger partial charge in [0.15, 0.2) is 17.5 Å². The SMILES string of the molecule is C/C=C\C=C(C)C.C=CC(=C=C/C(CCN1CCC2(CC1)CNC(=O)OC2)=C(\C)N(C)C(C)C)c1ccc(F)c(F)c1F.CC.CC.CC. The summed E-state index contributed by atoms with van der Waals surface area (Å²) in [5.74, 6) is -3.99. The van der Waals surface area contributed by atoms with E-state index in [1.165, 1.54) is 17.7 Å². The Kier molecular flexibility index (Phi) is 25.7. The summed E-state index contributed by atoms with van der Waals surface area (Å²) in [6, 6.07) is 2.37. The molecule has 2 fully saturated rings. The fourth-order valence-corrected chi connectivity index (χ4v) is 4.84. The molecule has 2 saturated heterocycles. The van der Waals surface area contributed by atoms with Crippen LogP contribution in [0.3, 0.4) is 0 Å². The second-order valence-corrected chi connectivity index (χ2v) is 11.7. The van der Waals surface area contributed by atoms with Gasteiger partial charge in [0.25, 0.3) is 0 Å². The Labute approximate surface area is 297 Å². The second kappa shape index (κ2) is 26.4. The van der Waals surface area contributed by atoms with Crippen LogP contribution in [0, 0.1) is 22.9 Å². The summed E-state index contributed by atoms with van der Waals surface area (Å²) in [7, 11) is 2.02. The third-order valence-corrected chi connectivity index (χ3v) is 8.05. The van der Waals surface area contributed by atoms with E-state index in [2.05, 4.69) is 61.2 Å². The first kappa shape index (κ1) is 47.6. The number of alkyl carbamates (subject to hydrolysis) is 1. The van der Waals surface area contributed by atoms with Crippen molar-refractivity contribution in [2.45, 2.75) is 108 Å². The van der Waals surface area contributed by atoms with Gasteiger partial charge in [0.1, 0.15) is 6.61 Å². The van der Waals surface area contributed by atoms with Crippen molar-refractivity contribution in [3.05, 3.63) is 94.7 Å². The molecule has 0 aromatic heterocycles. The van der Waals surface area contributed by atoms with Crippen LogP contribution in [0.25, 0.3) is 5.57 Å². The summed E-state index contributed by atoms with van der Waals surface area (Å²) in [6.07, 6.45) is 11.6. The number of hydrogen-bond donors (Lipinski definition) is 1. The highest BCUT2D eigenvalue weighted by Crippen LogP contribution is 2.33. The van der Waals surface area contributed by atoms with Crippen LogP contribution >= 0.6 is 0 Å². The number of hydrogen-bond acceptors (Lipinski definition) is 4. The minimum Gasteiger partial charge on any atom is -0.449 e. The van der Waals surface area contributed by atoms with Gasteiger partial charge in [-0.25, -0.2) is 18.0 Å². The van der Waals surface area contributed by atoms with Crippen molar-refractivity contribution in [1.82, 2.24) is 15.1 Å². The van der Waals surface area contributed by atoms with E-state index in [0.717, 1.165) is 56.2 Å². The highest BCUT2D eigenvalue weighted by Gasteiger charge is 2.38. The number of benzene rings is 1. The van der Waals surface area contributed by atoms with Crippen LogP contribution in [0.5, 0.6) is 0 Å². The van der Waals surface area contributed by atoms with Crippen LogP contribution in [0.15, 0.2) is 71.7 Å². The first-order valence-corrected chi connectivity index (χ1v) is 17.9. The second-order valence-electron chi connectivity index (χ2n) is 11.7. The molecule has 0 radical (unpaired) electrons. The molecule has 2 heterocycles. The zero-order valence-electron chi connectivity index (χ0n) is 32.8. The number of carbonyl (C=O) groups is 1. The lowest BCUT2D eigenvalue weighted by Crippen LogP contribution is -2.52. The van der Waals surface area contributed by atoms with Crippen molar-refractivity contribution in [1.29, 1.82) is 0 Å². The lowest BCUT2D eigenvalue weighted by Gasteiger charge is -2.43. The standard InChI is InChI=1S/C28H36F3N3O2.C7H12.3C2H6/c1-6-21(23-9-10-24(29)26(31)25(23)30)7-8-22(20(4)33(5)19(2)3)11-14-34-15-12-28(13-16-34)17-32-27(35)36-18-28;1-4-5-6-7(2)3;3*1-2/h6,8-10,19H,1,11-18H2,2-5H3,(H,32,35);4-6H,1-3H3;3*1-2H3/b22-20-;5-4-;;;. The Morgan fingerprint density at radius 3 is 2.10 bits per heavy atom. The van der Waals surface area contributed by atoms with Crippen LogP contribution in [0.1, 0.15) is 108 Å². The van der Waals surface area contributed by atoms with Gasteiger partial charge >= 0.3 is 6.09 Å². The number of piperidine rings is 1. The van der Waals surface area contributed by atoms with Crippen molar-refractivity contribution < 1.29 is 22.7 Å². The average molecular weight is 690 g/mol. The van der Waals surface area contributed by atoms with Crippen molar-refractivity contribution in [2.75, 3.05) is 39.8 Å². The fraction of sp³-hybridized carbons (Fsp3) is 0.561. The Bertz CT molecular complexity index is 1270. The number of halogens is 3. The molecule has 2 aliphatic heterocycles. The summed E-state index contributed by atoms with van der Waals surface area (Å²) in [5.41, 5.74) is 6.67. The Balaban J connectivity index is 0. The van der Waals surface area contributed by atoms with E-state index in [-0.39, 0.29) is 28.7 Å². The minimum absolute atomic E-state index is 0.00681. The Hall–Kier alpha value is -3.48. The zero-order chi connectivity index (χ0) is 38.2. The molecule has 2 aliphatic rings.